The van der Waals surface area contributed by atoms with Crippen LogP contribution in [0.1, 0.15) is 21.5 Å². The molecule has 27 heavy (non-hydrogen) atoms. The van der Waals surface area contributed by atoms with E-state index < -0.39 is 18.5 Å². The molecule has 0 aromatic heterocycles. The number of carbonyl (C=O) groups is 3. The van der Waals surface area contributed by atoms with Gasteiger partial charge in [-0.25, -0.2) is 0 Å². The molecule has 0 aliphatic heterocycles. The third-order valence-electron chi connectivity index (χ3n) is 3.67. The highest BCUT2D eigenvalue weighted by Gasteiger charge is 2.12. The summed E-state index contributed by atoms with van der Waals surface area (Å²) in [7, 11) is 1.50. The van der Waals surface area contributed by atoms with Crippen molar-refractivity contribution in [1.82, 2.24) is 5.32 Å². The minimum Gasteiger partial charge on any atom is -0.495 e. The van der Waals surface area contributed by atoms with E-state index >= 15 is 0 Å². The number of aryl methyl sites for hydroxylation is 2. The van der Waals surface area contributed by atoms with E-state index in [1.807, 2.05) is 26.0 Å². The average Bonchev–Trinajstić information content (AvgIpc) is 2.64. The Morgan fingerprint density at radius 2 is 1.74 bits per heavy atom. The first-order chi connectivity index (χ1) is 12.9. The van der Waals surface area contributed by atoms with Gasteiger partial charge in [0.1, 0.15) is 12.3 Å². The fourth-order valence-corrected chi connectivity index (χ4v) is 2.34. The van der Waals surface area contributed by atoms with Crippen LogP contribution in [0.3, 0.4) is 0 Å². The first-order valence-electron chi connectivity index (χ1n) is 8.34. The van der Waals surface area contributed by atoms with E-state index in [2.05, 4.69) is 10.6 Å². The van der Waals surface area contributed by atoms with Crippen molar-refractivity contribution in [2.24, 2.45) is 0 Å². The number of nitrogens with one attached hydrogen (secondary N) is 2. The quantitative estimate of drug-likeness (QED) is 0.729. The zero-order valence-corrected chi connectivity index (χ0v) is 15.5. The van der Waals surface area contributed by atoms with Crippen LogP contribution in [0.4, 0.5) is 5.69 Å². The summed E-state index contributed by atoms with van der Waals surface area (Å²) in [5, 5.41) is 5.09. The standard InChI is InChI=1S/C20H22N2O5/c1-13-5-4-6-15(9-13)20(25)21-11-19(24)27-12-18(23)22-16-10-14(2)7-8-17(16)26-3/h4-10H,11-12H2,1-3H3,(H,21,25)(H,22,23). The Hall–Kier alpha value is -3.35. The number of benzene rings is 2. The Labute approximate surface area is 157 Å². The Kier molecular flexibility index (Phi) is 6.93. The van der Waals surface area contributed by atoms with Gasteiger partial charge in [-0.3, -0.25) is 14.4 Å². The number of esters is 1. The van der Waals surface area contributed by atoms with Gasteiger partial charge in [-0.15, -0.1) is 0 Å². The molecule has 0 fully saturated rings. The van der Waals surface area contributed by atoms with Gasteiger partial charge in [0.05, 0.1) is 12.8 Å². The molecule has 0 aliphatic carbocycles. The smallest absolute Gasteiger partial charge is 0.325 e. The lowest BCUT2D eigenvalue weighted by molar-refractivity contribution is -0.146. The van der Waals surface area contributed by atoms with Crippen LogP contribution in [0.15, 0.2) is 42.5 Å². The fourth-order valence-electron chi connectivity index (χ4n) is 2.34. The molecule has 0 spiro atoms. The number of methoxy groups -OCH3 is 1. The highest BCUT2D eigenvalue weighted by molar-refractivity contribution is 5.97. The summed E-state index contributed by atoms with van der Waals surface area (Å²) in [6.07, 6.45) is 0. The SMILES string of the molecule is COc1ccc(C)cc1NC(=O)COC(=O)CNC(=O)c1cccc(C)c1. The van der Waals surface area contributed by atoms with Crippen LogP contribution in [-0.2, 0) is 14.3 Å². The molecule has 7 nitrogen and oxygen atoms in total. The van der Waals surface area contributed by atoms with E-state index in [9.17, 15) is 14.4 Å². The van der Waals surface area contributed by atoms with Crippen molar-refractivity contribution < 1.29 is 23.9 Å². The summed E-state index contributed by atoms with van der Waals surface area (Å²) in [5.41, 5.74) is 2.83. The lowest BCUT2D eigenvalue weighted by Gasteiger charge is -2.11. The Balaban J connectivity index is 1.79. The maximum Gasteiger partial charge on any atom is 0.325 e. The van der Waals surface area contributed by atoms with Crippen molar-refractivity contribution >= 4 is 23.5 Å². The second-order valence-electron chi connectivity index (χ2n) is 5.96. The molecule has 2 aromatic rings. The van der Waals surface area contributed by atoms with E-state index in [1.54, 1.807) is 30.3 Å². The number of rotatable bonds is 7. The molecule has 0 bridgehead atoms. The first kappa shape index (κ1) is 20.0. The van der Waals surface area contributed by atoms with E-state index in [4.69, 9.17) is 9.47 Å². The van der Waals surface area contributed by atoms with Crippen LogP contribution in [0.25, 0.3) is 0 Å². The monoisotopic (exact) mass is 370 g/mol. The van der Waals surface area contributed by atoms with Gasteiger partial charge < -0.3 is 20.1 Å². The summed E-state index contributed by atoms with van der Waals surface area (Å²) >= 11 is 0. The number of carbonyl (C=O) groups excluding carboxylic acids is 3. The van der Waals surface area contributed by atoms with Gasteiger partial charge in [0, 0.05) is 5.56 Å². The van der Waals surface area contributed by atoms with Crippen molar-refractivity contribution in [3.8, 4) is 5.75 Å². The van der Waals surface area contributed by atoms with Crippen LogP contribution >= 0.6 is 0 Å². The number of anilines is 1. The normalized spacial score (nSPS) is 10.0. The van der Waals surface area contributed by atoms with E-state index in [-0.39, 0.29) is 12.5 Å². The van der Waals surface area contributed by atoms with Gasteiger partial charge in [-0.2, -0.15) is 0 Å². The Morgan fingerprint density at radius 1 is 1.00 bits per heavy atom. The first-order valence-corrected chi connectivity index (χ1v) is 8.34. The maximum absolute atomic E-state index is 12.0. The molecule has 2 amide bonds. The number of hydrogen-bond acceptors (Lipinski definition) is 5. The lowest BCUT2D eigenvalue weighted by Crippen LogP contribution is -2.32. The molecule has 2 N–H and O–H groups in total. The summed E-state index contributed by atoms with van der Waals surface area (Å²) in [6, 6.07) is 12.3. The molecule has 0 atom stereocenters. The number of ether oxygens (including phenoxy) is 2. The zero-order valence-electron chi connectivity index (χ0n) is 15.5. The Morgan fingerprint density at radius 3 is 2.44 bits per heavy atom. The summed E-state index contributed by atoms with van der Waals surface area (Å²) in [6.45, 7) is 2.96. The maximum atomic E-state index is 12.0. The van der Waals surface area contributed by atoms with E-state index in [0.29, 0.717) is 17.0 Å². The predicted molar refractivity (Wildman–Crippen MR) is 101 cm³/mol. The van der Waals surface area contributed by atoms with Crippen LogP contribution < -0.4 is 15.4 Å². The van der Waals surface area contributed by atoms with Gasteiger partial charge in [0.2, 0.25) is 0 Å². The molecule has 7 heteroatoms. The van der Waals surface area contributed by atoms with Crippen LogP contribution in [-0.4, -0.2) is 38.0 Å². The van der Waals surface area contributed by atoms with Gasteiger partial charge >= 0.3 is 5.97 Å². The minimum atomic E-state index is -0.706. The molecule has 142 valence electrons. The molecule has 0 saturated carbocycles. The van der Waals surface area contributed by atoms with Gasteiger partial charge in [0.15, 0.2) is 6.61 Å². The third-order valence-corrected chi connectivity index (χ3v) is 3.67. The molecular weight excluding hydrogens is 348 g/mol. The highest BCUT2D eigenvalue weighted by atomic mass is 16.5. The van der Waals surface area contributed by atoms with E-state index in [0.717, 1.165) is 11.1 Å². The summed E-state index contributed by atoms with van der Waals surface area (Å²) < 4.78 is 10.1. The van der Waals surface area contributed by atoms with Crippen molar-refractivity contribution in [2.45, 2.75) is 13.8 Å². The largest absolute Gasteiger partial charge is 0.495 e. The lowest BCUT2D eigenvalue weighted by atomic mass is 10.1. The second-order valence-corrected chi connectivity index (χ2v) is 5.96. The second kappa shape index (κ2) is 9.38. The summed E-state index contributed by atoms with van der Waals surface area (Å²) in [5.74, 6) is -1.09. The number of amides is 2. The molecule has 0 saturated heterocycles. The number of hydrogen-bond donors (Lipinski definition) is 2. The predicted octanol–water partition coefficient (Wildman–Crippen LogP) is 2.22. The van der Waals surface area contributed by atoms with E-state index in [1.165, 1.54) is 7.11 Å². The van der Waals surface area contributed by atoms with Crippen LogP contribution in [0.2, 0.25) is 0 Å². The van der Waals surface area contributed by atoms with Crippen LogP contribution in [0.5, 0.6) is 5.75 Å². The van der Waals surface area contributed by atoms with Crippen LogP contribution in [0, 0.1) is 13.8 Å². The molecule has 0 unspecified atom stereocenters. The molecule has 0 heterocycles. The van der Waals surface area contributed by atoms with Gasteiger partial charge in [-0.05, 0) is 43.7 Å². The van der Waals surface area contributed by atoms with Crippen molar-refractivity contribution in [3.63, 3.8) is 0 Å². The molecule has 2 rings (SSSR count). The highest BCUT2D eigenvalue weighted by Crippen LogP contribution is 2.24. The molecule has 2 aromatic carbocycles. The van der Waals surface area contributed by atoms with Crippen molar-refractivity contribution in [3.05, 3.63) is 59.2 Å². The average molecular weight is 370 g/mol. The fraction of sp³-hybridized carbons (Fsp3) is 0.250. The summed E-state index contributed by atoms with van der Waals surface area (Å²) in [4.78, 5) is 35.7. The van der Waals surface area contributed by atoms with Gasteiger partial charge in [0.25, 0.3) is 11.8 Å². The van der Waals surface area contributed by atoms with Crippen molar-refractivity contribution in [2.75, 3.05) is 25.6 Å². The van der Waals surface area contributed by atoms with Gasteiger partial charge in [-0.1, -0.05) is 23.8 Å². The Bertz CT molecular complexity index is 848. The molecular formula is C20H22N2O5. The zero-order chi connectivity index (χ0) is 19.8. The topological polar surface area (TPSA) is 93.7 Å². The molecule has 0 radical (unpaired) electrons. The van der Waals surface area contributed by atoms with Crippen molar-refractivity contribution in [1.29, 1.82) is 0 Å². The third kappa shape index (κ3) is 6.14. The minimum absolute atomic E-state index is 0.326. The molecule has 0 aliphatic rings.